The molecule has 1 unspecified atom stereocenters. The first-order valence-electron chi connectivity index (χ1n) is 9.39. The smallest absolute Gasteiger partial charge is 0.322 e. The van der Waals surface area contributed by atoms with Crippen molar-refractivity contribution in [2.45, 2.75) is 38.7 Å². The predicted molar refractivity (Wildman–Crippen MR) is 105 cm³/mol. The lowest BCUT2D eigenvalue weighted by Crippen LogP contribution is -2.50. The normalized spacial score (nSPS) is 17.8. The molecule has 0 radical (unpaired) electrons. The van der Waals surface area contributed by atoms with Gasteiger partial charge in [0.1, 0.15) is 0 Å². The summed E-state index contributed by atoms with van der Waals surface area (Å²) in [5, 5.41) is 11.8. The average molecular weight is 377 g/mol. The summed E-state index contributed by atoms with van der Waals surface area (Å²) in [5.74, 6) is -0.877. The van der Waals surface area contributed by atoms with Crippen LogP contribution in [0.1, 0.15) is 32.8 Å². The molecule has 7 heteroatoms. The van der Waals surface area contributed by atoms with E-state index in [9.17, 15) is 9.59 Å². The summed E-state index contributed by atoms with van der Waals surface area (Å²) >= 11 is 0. The van der Waals surface area contributed by atoms with E-state index in [0.29, 0.717) is 26.2 Å². The van der Waals surface area contributed by atoms with Crippen molar-refractivity contribution >= 4 is 17.7 Å². The van der Waals surface area contributed by atoms with Gasteiger partial charge in [-0.3, -0.25) is 9.69 Å². The zero-order chi connectivity index (χ0) is 20.0. The number of hydrogen-bond donors (Lipinski definition) is 2. The number of amides is 2. The minimum atomic E-state index is -0.877. The summed E-state index contributed by atoms with van der Waals surface area (Å²) in [6.07, 6.45) is 0.853. The number of nitrogens with zero attached hydrogens (tertiary/aromatic N) is 2. The van der Waals surface area contributed by atoms with Crippen LogP contribution in [0.5, 0.6) is 0 Å². The number of anilines is 1. The van der Waals surface area contributed by atoms with Crippen LogP contribution in [-0.4, -0.2) is 72.8 Å². The molecule has 0 aliphatic carbocycles. The number of carboxylic acid groups (broad SMARTS) is 1. The van der Waals surface area contributed by atoms with Crippen LogP contribution >= 0.6 is 0 Å². The van der Waals surface area contributed by atoms with E-state index in [-0.39, 0.29) is 24.1 Å². The molecule has 2 amide bonds. The Morgan fingerprint density at radius 2 is 2.00 bits per heavy atom. The van der Waals surface area contributed by atoms with Gasteiger partial charge in [0.05, 0.1) is 19.3 Å². The number of morpholine rings is 1. The first-order valence-corrected chi connectivity index (χ1v) is 9.39. The fraction of sp³-hybridized carbons (Fsp3) is 0.600. The molecule has 1 fully saturated rings. The molecule has 1 aromatic rings. The molecule has 1 aliphatic heterocycles. The number of urea groups is 1. The van der Waals surface area contributed by atoms with Gasteiger partial charge in [0.25, 0.3) is 0 Å². The molecule has 2 N–H and O–H groups in total. The Bertz CT molecular complexity index is 645. The Labute approximate surface area is 161 Å². The van der Waals surface area contributed by atoms with Gasteiger partial charge in [0.2, 0.25) is 0 Å². The van der Waals surface area contributed by atoms with Crippen molar-refractivity contribution in [3.8, 4) is 0 Å². The van der Waals surface area contributed by atoms with Gasteiger partial charge >= 0.3 is 12.0 Å². The zero-order valence-corrected chi connectivity index (χ0v) is 16.7. The minimum absolute atomic E-state index is 0.0491. The van der Waals surface area contributed by atoms with Gasteiger partial charge in [0, 0.05) is 25.3 Å². The van der Waals surface area contributed by atoms with Gasteiger partial charge in [-0.05, 0) is 36.6 Å². The Morgan fingerprint density at radius 1 is 1.33 bits per heavy atom. The molecule has 1 aliphatic rings. The number of ether oxygens (including phenoxy) is 1. The van der Waals surface area contributed by atoms with Gasteiger partial charge in [-0.1, -0.05) is 32.9 Å². The number of benzene rings is 1. The van der Waals surface area contributed by atoms with E-state index in [2.05, 4.69) is 38.2 Å². The van der Waals surface area contributed by atoms with Crippen LogP contribution in [0, 0.1) is 0 Å². The number of rotatable bonds is 7. The van der Waals surface area contributed by atoms with Gasteiger partial charge in [0.15, 0.2) is 0 Å². The van der Waals surface area contributed by atoms with Crippen LogP contribution in [0.25, 0.3) is 0 Å². The summed E-state index contributed by atoms with van der Waals surface area (Å²) in [6, 6.07) is 7.82. The highest BCUT2D eigenvalue weighted by Gasteiger charge is 2.26. The van der Waals surface area contributed by atoms with Gasteiger partial charge in [-0.25, -0.2) is 4.79 Å². The maximum atomic E-state index is 12.6. The maximum absolute atomic E-state index is 12.6. The maximum Gasteiger partial charge on any atom is 0.322 e. The molecule has 1 atom stereocenters. The fourth-order valence-corrected chi connectivity index (χ4v) is 3.07. The largest absolute Gasteiger partial charge is 0.480 e. The second-order valence-corrected chi connectivity index (χ2v) is 7.77. The lowest BCUT2D eigenvalue weighted by molar-refractivity contribution is -0.138. The molecule has 1 saturated heterocycles. The van der Waals surface area contributed by atoms with E-state index >= 15 is 0 Å². The number of hydrogen-bond acceptors (Lipinski definition) is 4. The molecule has 0 bridgehead atoms. The molecule has 1 heterocycles. The van der Waals surface area contributed by atoms with Crippen LogP contribution in [0.4, 0.5) is 10.5 Å². The molecule has 0 aromatic heterocycles. The first-order chi connectivity index (χ1) is 12.7. The molecule has 0 saturated carbocycles. The number of carbonyl (C=O) groups excluding carboxylic acids is 1. The lowest BCUT2D eigenvalue weighted by Gasteiger charge is -2.34. The number of carboxylic acids is 1. The van der Waals surface area contributed by atoms with Crippen LogP contribution in [-0.2, 0) is 14.9 Å². The Hall–Kier alpha value is -2.12. The van der Waals surface area contributed by atoms with Gasteiger partial charge in [-0.2, -0.15) is 0 Å². The number of nitrogens with one attached hydrogen (secondary N) is 1. The van der Waals surface area contributed by atoms with Crippen molar-refractivity contribution < 1.29 is 19.4 Å². The summed E-state index contributed by atoms with van der Waals surface area (Å²) in [6.45, 7) is 8.40. The van der Waals surface area contributed by atoms with E-state index in [1.54, 1.807) is 16.8 Å². The second kappa shape index (κ2) is 9.19. The van der Waals surface area contributed by atoms with Gasteiger partial charge < -0.3 is 20.1 Å². The molecule has 7 nitrogen and oxygen atoms in total. The summed E-state index contributed by atoms with van der Waals surface area (Å²) in [5.41, 5.74) is 2.12. The first kappa shape index (κ1) is 21.2. The highest BCUT2D eigenvalue weighted by molar-refractivity contribution is 5.89. The van der Waals surface area contributed by atoms with Gasteiger partial charge in [-0.15, -0.1) is 0 Å². The van der Waals surface area contributed by atoms with E-state index < -0.39 is 5.97 Å². The van der Waals surface area contributed by atoms with E-state index in [1.807, 2.05) is 12.1 Å². The summed E-state index contributed by atoms with van der Waals surface area (Å²) in [7, 11) is 1.73. The van der Waals surface area contributed by atoms with Crippen LogP contribution in [0.3, 0.4) is 0 Å². The van der Waals surface area contributed by atoms with Crippen LogP contribution in [0.15, 0.2) is 24.3 Å². The molecule has 0 spiro atoms. The topological polar surface area (TPSA) is 82.1 Å². The van der Waals surface area contributed by atoms with Crippen LogP contribution in [0.2, 0.25) is 0 Å². The van der Waals surface area contributed by atoms with Crippen LogP contribution < -0.4 is 5.32 Å². The van der Waals surface area contributed by atoms with Crippen molar-refractivity contribution in [2.75, 3.05) is 45.2 Å². The molecular weight excluding hydrogens is 346 g/mol. The predicted octanol–water partition coefficient (Wildman–Crippen LogP) is 2.62. The van der Waals surface area contributed by atoms with Crippen molar-refractivity contribution in [1.82, 2.24) is 9.80 Å². The highest BCUT2D eigenvalue weighted by Crippen LogP contribution is 2.27. The summed E-state index contributed by atoms with van der Waals surface area (Å²) < 4.78 is 5.67. The number of carbonyl (C=O) groups is 2. The molecule has 1 aromatic carbocycles. The third kappa shape index (κ3) is 6.22. The zero-order valence-electron chi connectivity index (χ0n) is 16.7. The third-order valence-electron chi connectivity index (χ3n) is 5.15. The van der Waals surface area contributed by atoms with Crippen molar-refractivity contribution in [3.05, 3.63) is 29.8 Å². The molecule has 2 rings (SSSR count). The highest BCUT2D eigenvalue weighted by atomic mass is 16.5. The number of likely N-dealkylation sites (N-methyl/N-ethyl adjacent to an activating group) is 1. The summed E-state index contributed by atoms with van der Waals surface area (Å²) in [4.78, 5) is 26.7. The number of aliphatic carboxylic acids is 1. The molecular formula is C20H31N3O4. The SMILES string of the molecule is CCC(C)(C)c1ccc(NC(=O)N2CCOC(CN(C)CC(=O)O)C2)cc1. The quantitative estimate of drug-likeness (QED) is 0.763. The lowest BCUT2D eigenvalue weighted by atomic mass is 9.82. The second-order valence-electron chi connectivity index (χ2n) is 7.77. The molecule has 150 valence electrons. The fourth-order valence-electron chi connectivity index (χ4n) is 3.07. The van der Waals surface area contributed by atoms with Crippen molar-refractivity contribution in [3.63, 3.8) is 0 Å². The van der Waals surface area contributed by atoms with E-state index in [1.165, 1.54) is 5.56 Å². The standard InChI is InChI=1S/C20H31N3O4/c1-5-20(2,3)15-6-8-16(9-7-15)21-19(26)23-10-11-27-17(13-23)12-22(4)14-18(24)25/h6-9,17H,5,10-14H2,1-4H3,(H,21,26)(H,24,25). The van der Waals surface area contributed by atoms with E-state index in [4.69, 9.17) is 9.84 Å². The monoisotopic (exact) mass is 377 g/mol. The Kier molecular flexibility index (Phi) is 7.21. The van der Waals surface area contributed by atoms with Crippen molar-refractivity contribution in [2.24, 2.45) is 0 Å². The molecule has 27 heavy (non-hydrogen) atoms. The Morgan fingerprint density at radius 3 is 2.59 bits per heavy atom. The minimum Gasteiger partial charge on any atom is -0.480 e. The van der Waals surface area contributed by atoms with E-state index in [0.717, 1.165) is 12.1 Å². The van der Waals surface area contributed by atoms with Crippen molar-refractivity contribution in [1.29, 1.82) is 0 Å². The third-order valence-corrected chi connectivity index (χ3v) is 5.15. The average Bonchev–Trinajstić information content (AvgIpc) is 2.61. The Balaban J connectivity index is 1.90.